The molecule has 0 saturated heterocycles. The minimum atomic E-state index is -1.02. The van der Waals surface area contributed by atoms with Gasteiger partial charge in [0.2, 0.25) is 0 Å². The molecule has 4 nitrogen and oxygen atoms in total. The number of hydrogen-bond donors (Lipinski definition) is 2. The Hall–Kier alpha value is -2.36. The molecule has 1 unspecified atom stereocenters. The molecule has 1 amide bonds. The number of allylic oxidation sites excluding steroid dienone is 2. The average molecular weight is 285 g/mol. The maximum Gasteiger partial charge on any atom is 0.326 e. The molecule has 0 aromatic heterocycles. The van der Waals surface area contributed by atoms with Gasteiger partial charge in [-0.2, -0.15) is 0 Å². The van der Waals surface area contributed by atoms with E-state index in [0.717, 1.165) is 24.0 Å². The fourth-order valence-corrected chi connectivity index (χ4v) is 2.36. The highest BCUT2D eigenvalue weighted by Crippen LogP contribution is 2.20. The smallest absolute Gasteiger partial charge is 0.326 e. The summed E-state index contributed by atoms with van der Waals surface area (Å²) in [7, 11) is 0. The standard InChI is InChI=1S/C17H19NO3/c1-2-3-8-15(17(20)21)18-16(19)14-10-9-12-6-4-5-7-13(12)11-14/h2,4,6,9-11,15H,1,3,5,7-8H2,(H,18,19)(H,20,21). The molecule has 1 aromatic rings. The molecule has 0 bridgehead atoms. The Kier molecular flexibility index (Phi) is 4.93. The Balaban J connectivity index is 2.10. The van der Waals surface area contributed by atoms with Gasteiger partial charge in [-0.15, -0.1) is 6.58 Å². The Morgan fingerprint density at radius 2 is 2.24 bits per heavy atom. The van der Waals surface area contributed by atoms with Crippen LogP contribution in [0.5, 0.6) is 0 Å². The lowest BCUT2D eigenvalue weighted by molar-refractivity contribution is -0.139. The fraction of sp³-hybridized carbons (Fsp3) is 0.294. The number of amides is 1. The van der Waals surface area contributed by atoms with E-state index < -0.39 is 12.0 Å². The number of carboxylic acids is 1. The maximum absolute atomic E-state index is 12.2. The summed E-state index contributed by atoms with van der Waals surface area (Å²) in [5.41, 5.74) is 2.76. The van der Waals surface area contributed by atoms with Crippen LogP contribution in [0.2, 0.25) is 0 Å². The topological polar surface area (TPSA) is 66.4 Å². The number of carbonyl (C=O) groups excluding carboxylic acids is 1. The first-order valence-electron chi connectivity index (χ1n) is 7.06. The van der Waals surface area contributed by atoms with Crippen LogP contribution in [0.4, 0.5) is 0 Å². The third-order valence-corrected chi connectivity index (χ3v) is 3.55. The van der Waals surface area contributed by atoms with E-state index in [2.05, 4.69) is 18.0 Å². The van der Waals surface area contributed by atoms with Gasteiger partial charge in [0.25, 0.3) is 5.91 Å². The van der Waals surface area contributed by atoms with E-state index in [9.17, 15) is 9.59 Å². The van der Waals surface area contributed by atoms with Crippen LogP contribution < -0.4 is 5.32 Å². The summed E-state index contributed by atoms with van der Waals surface area (Å²) in [5.74, 6) is -1.37. The first-order valence-corrected chi connectivity index (χ1v) is 7.06. The molecule has 0 saturated carbocycles. The molecule has 0 heterocycles. The quantitative estimate of drug-likeness (QED) is 0.790. The second kappa shape index (κ2) is 6.88. The molecule has 110 valence electrons. The number of fused-ring (bicyclic) bond motifs is 1. The van der Waals surface area contributed by atoms with Crippen LogP contribution in [0.25, 0.3) is 6.08 Å². The van der Waals surface area contributed by atoms with Crippen LogP contribution in [-0.2, 0) is 11.2 Å². The van der Waals surface area contributed by atoms with Gasteiger partial charge in [0.15, 0.2) is 0 Å². The zero-order valence-corrected chi connectivity index (χ0v) is 11.8. The van der Waals surface area contributed by atoms with Crippen molar-refractivity contribution < 1.29 is 14.7 Å². The predicted octanol–water partition coefficient (Wildman–Crippen LogP) is 2.80. The van der Waals surface area contributed by atoms with Gasteiger partial charge in [-0.3, -0.25) is 4.79 Å². The van der Waals surface area contributed by atoms with Crippen LogP contribution in [0.15, 0.2) is 36.9 Å². The number of nitrogens with one attached hydrogen (secondary N) is 1. The third kappa shape index (κ3) is 3.81. The number of carbonyl (C=O) groups is 2. The van der Waals surface area contributed by atoms with Crippen LogP contribution >= 0.6 is 0 Å². The van der Waals surface area contributed by atoms with E-state index in [1.54, 1.807) is 12.1 Å². The summed E-state index contributed by atoms with van der Waals surface area (Å²) in [6.45, 7) is 3.57. The van der Waals surface area contributed by atoms with Crippen LogP contribution in [0.1, 0.15) is 40.7 Å². The average Bonchev–Trinajstić information content (AvgIpc) is 2.50. The molecule has 2 rings (SSSR count). The molecule has 21 heavy (non-hydrogen) atoms. The van der Waals surface area contributed by atoms with Gasteiger partial charge in [0.1, 0.15) is 6.04 Å². The van der Waals surface area contributed by atoms with Gasteiger partial charge in [-0.25, -0.2) is 4.79 Å². The minimum absolute atomic E-state index is 0.344. The van der Waals surface area contributed by atoms with Crippen molar-refractivity contribution in [1.29, 1.82) is 0 Å². The van der Waals surface area contributed by atoms with Crippen LogP contribution in [-0.4, -0.2) is 23.0 Å². The molecular weight excluding hydrogens is 266 g/mol. The lowest BCUT2D eigenvalue weighted by Gasteiger charge is -2.15. The summed E-state index contributed by atoms with van der Waals surface area (Å²) in [6, 6.07) is 4.60. The van der Waals surface area contributed by atoms with E-state index in [1.165, 1.54) is 0 Å². The highest BCUT2D eigenvalue weighted by Gasteiger charge is 2.20. The van der Waals surface area contributed by atoms with Crippen molar-refractivity contribution >= 4 is 18.0 Å². The van der Waals surface area contributed by atoms with Gasteiger partial charge >= 0.3 is 5.97 Å². The van der Waals surface area contributed by atoms with Crippen molar-refractivity contribution in [2.45, 2.75) is 31.7 Å². The molecule has 4 heteroatoms. The van der Waals surface area contributed by atoms with Gasteiger partial charge < -0.3 is 10.4 Å². The van der Waals surface area contributed by atoms with E-state index in [4.69, 9.17) is 5.11 Å². The van der Waals surface area contributed by atoms with Gasteiger partial charge in [-0.05, 0) is 48.9 Å². The fourth-order valence-electron chi connectivity index (χ4n) is 2.36. The molecule has 2 N–H and O–H groups in total. The summed E-state index contributed by atoms with van der Waals surface area (Å²) >= 11 is 0. The number of aryl methyl sites for hydroxylation is 1. The lowest BCUT2D eigenvalue weighted by atomic mass is 9.95. The van der Waals surface area contributed by atoms with Crippen molar-refractivity contribution in [3.63, 3.8) is 0 Å². The third-order valence-electron chi connectivity index (χ3n) is 3.55. The van der Waals surface area contributed by atoms with Gasteiger partial charge in [0.05, 0.1) is 0 Å². The molecule has 1 atom stereocenters. The first-order chi connectivity index (χ1) is 10.1. The summed E-state index contributed by atoms with van der Waals surface area (Å²) < 4.78 is 0. The van der Waals surface area contributed by atoms with E-state index in [0.29, 0.717) is 18.4 Å². The summed E-state index contributed by atoms with van der Waals surface area (Å²) in [6.07, 6.45) is 8.57. The normalized spacial score (nSPS) is 14.1. The molecule has 0 aliphatic heterocycles. The molecule has 1 aliphatic rings. The second-order valence-corrected chi connectivity index (χ2v) is 5.08. The van der Waals surface area contributed by atoms with E-state index in [1.807, 2.05) is 18.2 Å². The Bertz CT molecular complexity index is 590. The largest absolute Gasteiger partial charge is 0.480 e. The Labute approximate surface area is 124 Å². The van der Waals surface area contributed by atoms with Crippen LogP contribution in [0, 0.1) is 0 Å². The first kappa shape index (κ1) is 15.0. The van der Waals surface area contributed by atoms with E-state index in [-0.39, 0.29) is 5.91 Å². The molecule has 1 aromatic carbocycles. The Morgan fingerprint density at radius 3 is 2.95 bits per heavy atom. The number of rotatable bonds is 6. The zero-order valence-electron chi connectivity index (χ0n) is 11.8. The highest BCUT2D eigenvalue weighted by molar-refractivity contribution is 5.97. The van der Waals surface area contributed by atoms with Crippen molar-refractivity contribution in [3.05, 3.63) is 53.6 Å². The highest BCUT2D eigenvalue weighted by atomic mass is 16.4. The van der Waals surface area contributed by atoms with E-state index >= 15 is 0 Å². The molecule has 0 fully saturated rings. The molecule has 0 spiro atoms. The molecule has 0 radical (unpaired) electrons. The number of carboxylic acid groups (broad SMARTS) is 1. The number of hydrogen-bond acceptors (Lipinski definition) is 2. The van der Waals surface area contributed by atoms with Crippen molar-refractivity contribution in [3.8, 4) is 0 Å². The molecular formula is C17H19NO3. The van der Waals surface area contributed by atoms with Crippen LogP contribution in [0.3, 0.4) is 0 Å². The SMILES string of the molecule is C=CCCC(NC(=O)c1ccc2c(c1)CCC=C2)C(=O)O. The summed E-state index contributed by atoms with van der Waals surface area (Å²) in [5, 5.41) is 11.7. The van der Waals surface area contributed by atoms with Gasteiger partial charge in [-0.1, -0.05) is 24.3 Å². The number of benzene rings is 1. The minimum Gasteiger partial charge on any atom is -0.480 e. The van der Waals surface area contributed by atoms with Crippen molar-refractivity contribution in [1.82, 2.24) is 5.32 Å². The number of aliphatic carboxylic acids is 1. The summed E-state index contributed by atoms with van der Waals surface area (Å²) in [4.78, 5) is 23.3. The maximum atomic E-state index is 12.2. The van der Waals surface area contributed by atoms with Crippen molar-refractivity contribution in [2.24, 2.45) is 0 Å². The van der Waals surface area contributed by atoms with Crippen molar-refractivity contribution in [2.75, 3.05) is 0 Å². The van der Waals surface area contributed by atoms with Gasteiger partial charge in [0, 0.05) is 5.56 Å². The monoisotopic (exact) mass is 285 g/mol. The zero-order chi connectivity index (χ0) is 15.2. The Morgan fingerprint density at radius 1 is 1.43 bits per heavy atom. The second-order valence-electron chi connectivity index (χ2n) is 5.08. The molecule has 1 aliphatic carbocycles. The lowest BCUT2D eigenvalue weighted by Crippen LogP contribution is -2.40. The predicted molar refractivity (Wildman–Crippen MR) is 82.1 cm³/mol.